The van der Waals surface area contributed by atoms with Crippen molar-refractivity contribution in [2.75, 3.05) is 0 Å². The highest BCUT2D eigenvalue weighted by Crippen LogP contribution is 2.45. The van der Waals surface area contributed by atoms with Crippen LogP contribution in [-0.4, -0.2) is 42.2 Å². The summed E-state index contributed by atoms with van der Waals surface area (Å²) in [6, 6.07) is 4.11. The number of nitrogens with zero attached hydrogens (tertiary/aromatic N) is 4. The number of aryl methyl sites for hydroxylation is 2. The first-order valence-corrected chi connectivity index (χ1v) is 16.4. The predicted molar refractivity (Wildman–Crippen MR) is 171 cm³/mol. The maximum absolute atomic E-state index is 14.5. The van der Waals surface area contributed by atoms with Gasteiger partial charge in [0.1, 0.15) is 11.6 Å². The van der Waals surface area contributed by atoms with Crippen molar-refractivity contribution in [3.63, 3.8) is 0 Å². The molecule has 2 unspecified atom stereocenters. The Hall–Kier alpha value is -2.71. The molecule has 2 aromatic heterocycles. The molecule has 2 atom stereocenters. The van der Waals surface area contributed by atoms with E-state index in [0.29, 0.717) is 72.8 Å². The zero-order valence-electron chi connectivity index (χ0n) is 27.5. The van der Waals surface area contributed by atoms with E-state index in [1.54, 1.807) is 9.42 Å². The smallest absolute Gasteiger partial charge is 0.258 e. The number of amides is 1. The van der Waals surface area contributed by atoms with Crippen molar-refractivity contribution in [2.45, 2.75) is 119 Å². The molecule has 9 heteroatoms. The molecule has 2 aliphatic rings. The summed E-state index contributed by atoms with van der Waals surface area (Å²) >= 11 is 6.39. The van der Waals surface area contributed by atoms with Crippen molar-refractivity contribution in [1.82, 2.24) is 19.5 Å². The van der Waals surface area contributed by atoms with Gasteiger partial charge in [-0.2, -0.15) is 5.10 Å². The molecule has 1 fully saturated rings. The predicted octanol–water partition coefficient (Wildman–Crippen LogP) is 8.08. The lowest BCUT2D eigenvalue weighted by Gasteiger charge is -2.44. The number of halogens is 2. The summed E-state index contributed by atoms with van der Waals surface area (Å²) in [7, 11) is 0. The average molecular weight is 627 g/mol. The summed E-state index contributed by atoms with van der Waals surface area (Å²) in [5, 5.41) is 17.0. The first kappa shape index (κ1) is 32.7. The van der Waals surface area contributed by atoms with Crippen LogP contribution in [0.25, 0.3) is 5.65 Å². The van der Waals surface area contributed by atoms with Gasteiger partial charge in [0.15, 0.2) is 5.65 Å². The third-order valence-electron chi connectivity index (χ3n) is 9.82. The quantitative estimate of drug-likeness (QED) is 0.273. The molecule has 0 radical (unpaired) electrons. The van der Waals surface area contributed by atoms with Crippen LogP contribution in [0.2, 0.25) is 5.02 Å². The highest BCUT2D eigenvalue weighted by molar-refractivity contribution is 6.31. The normalized spacial score (nSPS) is 22.0. The zero-order chi connectivity index (χ0) is 32.1. The molecule has 44 heavy (non-hydrogen) atoms. The van der Waals surface area contributed by atoms with Crippen LogP contribution in [0, 0.1) is 42.8 Å². The lowest BCUT2D eigenvalue weighted by molar-refractivity contribution is -0.0630. The Bertz CT molecular complexity index is 1540. The number of hydrogen-bond donors (Lipinski definition) is 1. The van der Waals surface area contributed by atoms with Crippen LogP contribution in [0.5, 0.6) is 5.75 Å². The standard InChI is InChI=1S/C35H48ClFN4O3/c1-20(2)15-21(3)28(34(6,7)8)17-35(43)13-11-25(12-14-35)44-30-16-24(37)9-10-26(30)33(42)40-18-27-29(19-40)39-41-23(5)31(36)22(4)38-32(27)41/h9-10,16,20-21,25,28,43H,11-15,17-19H2,1-8H3. The van der Waals surface area contributed by atoms with E-state index in [1.165, 1.54) is 18.2 Å². The van der Waals surface area contributed by atoms with Crippen LogP contribution >= 0.6 is 11.6 Å². The fraction of sp³-hybridized carbons (Fsp3) is 0.629. The monoisotopic (exact) mass is 626 g/mol. The van der Waals surface area contributed by atoms with E-state index >= 15 is 0 Å². The Morgan fingerprint density at radius 1 is 1.18 bits per heavy atom. The van der Waals surface area contributed by atoms with Gasteiger partial charge in [-0.25, -0.2) is 13.9 Å². The van der Waals surface area contributed by atoms with E-state index in [-0.39, 0.29) is 23.2 Å². The Morgan fingerprint density at radius 3 is 2.50 bits per heavy atom. The molecule has 0 spiro atoms. The number of carbonyl (C=O) groups excluding carboxylic acids is 1. The van der Waals surface area contributed by atoms with Crippen molar-refractivity contribution in [1.29, 1.82) is 0 Å². The summed E-state index contributed by atoms with van der Waals surface area (Å²) in [6.07, 6.45) is 4.23. The van der Waals surface area contributed by atoms with E-state index in [2.05, 4.69) is 51.6 Å². The van der Waals surface area contributed by atoms with Gasteiger partial charge in [-0.05, 0) is 87.7 Å². The van der Waals surface area contributed by atoms with Crippen molar-refractivity contribution in [2.24, 2.45) is 23.2 Å². The first-order chi connectivity index (χ1) is 20.6. The molecule has 1 aliphatic heterocycles. The molecule has 3 aromatic rings. The maximum atomic E-state index is 14.5. The Kier molecular flexibility index (Phi) is 9.09. The second kappa shape index (κ2) is 12.2. The van der Waals surface area contributed by atoms with Gasteiger partial charge in [-0.3, -0.25) is 4.79 Å². The average Bonchev–Trinajstić information content (AvgIpc) is 3.50. The second-order valence-corrected chi connectivity index (χ2v) is 15.3. The van der Waals surface area contributed by atoms with E-state index in [0.717, 1.165) is 35.5 Å². The van der Waals surface area contributed by atoms with Gasteiger partial charge in [0, 0.05) is 11.6 Å². The fourth-order valence-electron chi connectivity index (χ4n) is 7.51. The van der Waals surface area contributed by atoms with Crippen molar-refractivity contribution < 1.29 is 19.0 Å². The molecular weight excluding hydrogens is 579 g/mol. The number of benzene rings is 1. The van der Waals surface area contributed by atoms with Gasteiger partial charge in [0.2, 0.25) is 0 Å². The van der Waals surface area contributed by atoms with Crippen LogP contribution in [0.3, 0.4) is 0 Å². The molecule has 240 valence electrons. The number of carbonyl (C=O) groups is 1. The number of hydrogen-bond acceptors (Lipinski definition) is 5. The molecule has 1 aliphatic carbocycles. The van der Waals surface area contributed by atoms with Crippen molar-refractivity contribution in [3.8, 4) is 5.75 Å². The van der Waals surface area contributed by atoms with Crippen LogP contribution < -0.4 is 4.74 Å². The van der Waals surface area contributed by atoms with E-state index in [1.807, 2.05) is 13.8 Å². The third kappa shape index (κ3) is 6.62. The first-order valence-electron chi connectivity index (χ1n) is 16.1. The molecule has 7 nitrogen and oxygen atoms in total. The molecular formula is C35H48ClFN4O3. The van der Waals surface area contributed by atoms with Crippen LogP contribution in [0.15, 0.2) is 18.2 Å². The minimum absolute atomic E-state index is 0.0909. The van der Waals surface area contributed by atoms with Gasteiger partial charge in [0.25, 0.3) is 5.91 Å². The fourth-order valence-corrected chi connectivity index (χ4v) is 7.63. The van der Waals surface area contributed by atoms with E-state index in [4.69, 9.17) is 16.3 Å². The number of rotatable bonds is 8. The highest BCUT2D eigenvalue weighted by Gasteiger charge is 2.41. The molecule has 3 heterocycles. The number of fused-ring (bicyclic) bond motifs is 3. The summed E-state index contributed by atoms with van der Waals surface area (Å²) < 4.78 is 22.5. The lowest BCUT2D eigenvalue weighted by atomic mass is 9.65. The molecule has 1 amide bonds. The van der Waals surface area contributed by atoms with Crippen LogP contribution in [0.1, 0.15) is 113 Å². The SMILES string of the molecule is Cc1nc2c3c(nn2c(C)c1Cl)CN(C(=O)c1ccc(F)cc1OC1CCC(O)(CC(C(C)CC(C)C)C(C)(C)C)CC1)C3. The van der Waals surface area contributed by atoms with Crippen LogP contribution in [-0.2, 0) is 13.1 Å². The van der Waals surface area contributed by atoms with Gasteiger partial charge in [-0.1, -0.05) is 53.1 Å². The summed E-state index contributed by atoms with van der Waals surface area (Å²) in [5.74, 6) is 1.08. The van der Waals surface area contributed by atoms with Gasteiger partial charge < -0.3 is 14.7 Å². The third-order valence-corrected chi connectivity index (χ3v) is 10.4. The summed E-state index contributed by atoms with van der Waals surface area (Å²) in [4.78, 5) is 20.1. The molecule has 1 aromatic carbocycles. The van der Waals surface area contributed by atoms with E-state index < -0.39 is 11.4 Å². The maximum Gasteiger partial charge on any atom is 0.258 e. The number of aromatic nitrogens is 3. The van der Waals surface area contributed by atoms with Gasteiger partial charge >= 0.3 is 0 Å². The lowest BCUT2D eigenvalue weighted by Crippen LogP contribution is -2.43. The largest absolute Gasteiger partial charge is 0.489 e. The molecule has 0 saturated heterocycles. The number of ether oxygens (including phenoxy) is 1. The minimum Gasteiger partial charge on any atom is -0.489 e. The van der Waals surface area contributed by atoms with Crippen molar-refractivity contribution >= 4 is 23.2 Å². The zero-order valence-corrected chi connectivity index (χ0v) is 28.3. The summed E-state index contributed by atoms with van der Waals surface area (Å²) in [6.45, 7) is 18.1. The van der Waals surface area contributed by atoms with Crippen molar-refractivity contribution in [3.05, 3.63) is 57.2 Å². The Labute approximate surface area is 266 Å². The van der Waals surface area contributed by atoms with Gasteiger partial charge in [-0.15, -0.1) is 0 Å². The number of aliphatic hydroxyl groups is 1. The molecule has 1 N–H and O–H groups in total. The highest BCUT2D eigenvalue weighted by atomic mass is 35.5. The van der Waals surface area contributed by atoms with Crippen LogP contribution in [0.4, 0.5) is 4.39 Å². The molecule has 5 rings (SSSR count). The summed E-state index contributed by atoms with van der Waals surface area (Å²) in [5.41, 5.74) is 3.58. The van der Waals surface area contributed by atoms with E-state index in [9.17, 15) is 14.3 Å². The second-order valence-electron chi connectivity index (χ2n) is 14.9. The Morgan fingerprint density at radius 2 is 1.86 bits per heavy atom. The molecule has 1 saturated carbocycles. The topological polar surface area (TPSA) is 80.0 Å². The van der Waals surface area contributed by atoms with Gasteiger partial charge in [0.05, 0.1) is 52.5 Å². The Balaban J connectivity index is 1.27. The minimum atomic E-state index is -0.752. The molecule has 0 bridgehead atoms.